The molecule has 1 aliphatic carbocycles. The summed E-state index contributed by atoms with van der Waals surface area (Å²) in [5, 5.41) is 4.57. The fourth-order valence-electron chi connectivity index (χ4n) is 3.79. The predicted molar refractivity (Wildman–Crippen MR) is 101 cm³/mol. The SMILES string of the molecule is CC1=CN(c2ccccc2N(C)C)N(C)C1COC1CCCCC1. The summed E-state index contributed by atoms with van der Waals surface area (Å²) in [6.07, 6.45) is 9.18. The van der Waals surface area contributed by atoms with E-state index in [1.165, 1.54) is 49.1 Å². The molecule has 0 aromatic heterocycles. The number of hydrogen-bond acceptors (Lipinski definition) is 4. The topological polar surface area (TPSA) is 19.0 Å². The predicted octanol–water partition coefficient (Wildman–Crippen LogP) is 4.04. The molecule has 0 bridgehead atoms. The normalized spacial score (nSPS) is 22.8. The van der Waals surface area contributed by atoms with Gasteiger partial charge in [-0.15, -0.1) is 0 Å². The number of nitrogens with zero attached hydrogens (tertiary/aromatic N) is 3. The minimum atomic E-state index is 0.321. The second-order valence-corrected chi connectivity index (χ2v) is 7.28. The number of rotatable bonds is 5. The molecule has 1 fully saturated rings. The summed E-state index contributed by atoms with van der Waals surface area (Å²) in [7, 11) is 6.35. The Bertz CT molecular complexity index is 578. The summed E-state index contributed by atoms with van der Waals surface area (Å²) in [6, 6.07) is 8.86. The summed E-state index contributed by atoms with van der Waals surface area (Å²) < 4.78 is 6.25. The number of para-hydroxylation sites is 2. The highest BCUT2D eigenvalue weighted by Gasteiger charge is 2.31. The van der Waals surface area contributed by atoms with Gasteiger partial charge in [0.15, 0.2) is 0 Å². The fourth-order valence-corrected chi connectivity index (χ4v) is 3.79. The van der Waals surface area contributed by atoms with Gasteiger partial charge in [-0.05, 0) is 37.5 Å². The van der Waals surface area contributed by atoms with E-state index >= 15 is 0 Å². The Morgan fingerprint density at radius 1 is 1.12 bits per heavy atom. The first-order valence-electron chi connectivity index (χ1n) is 9.16. The molecule has 1 heterocycles. The van der Waals surface area contributed by atoms with Gasteiger partial charge >= 0.3 is 0 Å². The molecule has 1 aromatic carbocycles. The van der Waals surface area contributed by atoms with Crippen molar-refractivity contribution < 1.29 is 4.74 Å². The fraction of sp³-hybridized carbons (Fsp3) is 0.600. The van der Waals surface area contributed by atoms with Crippen molar-refractivity contribution in [2.75, 3.05) is 37.7 Å². The molecule has 0 saturated heterocycles. The largest absolute Gasteiger partial charge is 0.376 e. The van der Waals surface area contributed by atoms with Gasteiger partial charge in [0.1, 0.15) is 0 Å². The Morgan fingerprint density at radius 2 is 1.83 bits per heavy atom. The van der Waals surface area contributed by atoms with Crippen LogP contribution in [0, 0.1) is 0 Å². The lowest BCUT2D eigenvalue weighted by Crippen LogP contribution is -2.42. The molecule has 0 radical (unpaired) electrons. The van der Waals surface area contributed by atoms with E-state index in [9.17, 15) is 0 Å². The van der Waals surface area contributed by atoms with Gasteiger partial charge in [0, 0.05) is 27.3 Å². The second kappa shape index (κ2) is 7.58. The maximum atomic E-state index is 6.25. The zero-order chi connectivity index (χ0) is 17.1. The minimum Gasteiger partial charge on any atom is -0.376 e. The van der Waals surface area contributed by atoms with Crippen molar-refractivity contribution in [1.29, 1.82) is 0 Å². The van der Waals surface area contributed by atoms with Crippen LogP contribution in [0.5, 0.6) is 0 Å². The number of hydrazine groups is 1. The first-order valence-corrected chi connectivity index (χ1v) is 9.16. The van der Waals surface area contributed by atoms with Crippen LogP contribution in [0.15, 0.2) is 36.0 Å². The Labute approximate surface area is 146 Å². The molecular weight excluding hydrogens is 298 g/mol. The van der Waals surface area contributed by atoms with Gasteiger partial charge in [0.25, 0.3) is 0 Å². The van der Waals surface area contributed by atoms with Crippen LogP contribution in [0.25, 0.3) is 0 Å². The van der Waals surface area contributed by atoms with E-state index in [0.717, 1.165) is 6.61 Å². The average Bonchev–Trinajstić information content (AvgIpc) is 2.88. The van der Waals surface area contributed by atoms with Crippen molar-refractivity contribution in [3.63, 3.8) is 0 Å². The van der Waals surface area contributed by atoms with Gasteiger partial charge in [0.05, 0.1) is 30.1 Å². The van der Waals surface area contributed by atoms with Crippen LogP contribution in [-0.4, -0.2) is 44.9 Å². The van der Waals surface area contributed by atoms with Crippen LogP contribution in [0.1, 0.15) is 39.0 Å². The summed E-state index contributed by atoms with van der Waals surface area (Å²) >= 11 is 0. The highest BCUT2D eigenvalue weighted by Crippen LogP contribution is 2.34. The second-order valence-electron chi connectivity index (χ2n) is 7.28. The first kappa shape index (κ1) is 17.3. The molecule has 1 saturated carbocycles. The van der Waals surface area contributed by atoms with E-state index in [4.69, 9.17) is 4.74 Å². The molecule has 0 spiro atoms. The first-order chi connectivity index (χ1) is 11.6. The van der Waals surface area contributed by atoms with E-state index in [-0.39, 0.29) is 0 Å². The van der Waals surface area contributed by atoms with Gasteiger partial charge in [0.2, 0.25) is 0 Å². The summed E-state index contributed by atoms with van der Waals surface area (Å²) in [6.45, 7) is 2.99. The highest BCUT2D eigenvalue weighted by molar-refractivity contribution is 5.72. The van der Waals surface area contributed by atoms with Gasteiger partial charge in [-0.25, -0.2) is 5.01 Å². The van der Waals surface area contributed by atoms with E-state index in [2.05, 4.69) is 73.4 Å². The molecule has 24 heavy (non-hydrogen) atoms. The third-order valence-electron chi connectivity index (χ3n) is 5.29. The summed E-state index contributed by atoms with van der Waals surface area (Å²) in [5.41, 5.74) is 3.80. The zero-order valence-electron chi connectivity index (χ0n) is 15.5. The maximum absolute atomic E-state index is 6.25. The number of likely N-dealkylation sites (N-methyl/N-ethyl adjacent to an activating group) is 1. The number of hydrogen-bond donors (Lipinski definition) is 0. The van der Waals surface area contributed by atoms with Crippen LogP contribution in [0.3, 0.4) is 0 Å². The van der Waals surface area contributed by atoms with Gasteiger partial charge < -0.3 is 9.64 Å². The lowest BCUT2D eigenvalue weighted by Gasteiger charge is -2.33. The zero-order valence-corrected chi connectivity index (χ0v) is 15.5. The van der Waals surface area contributed by atoms with Crippen LogP contribution >= 0.6 is 0 Å². The third kappa shape index (κ3) is 3.60. The number of benzene rings is 1. The minimum absolute atomic E-state index is 0.321. The molecule has 132 valence electrons. The molecule has 4 heteroatoms. The molecule has 1 aromatic rings. The molecule has 0 amide bonds. The van der Waals surface area contributed by atoms with Crippen molar-refractivity contribution >= 4 is 11.4 Å². The van der Waals surface area contributed by atoms with Crippen LogP contribution in [-0.2, 0) is 4.74 Å². The molecule has 1 atom stereocenters. The highest BCUT2D eigenvalue weighted by atomic mass is 16.5. The van der Waals surface area contributed by atoms with Crippen molar-refractivity contribution in [1.82, 2.24) is 5.01 Å². The third-order valence-corrected chi connectivity index (χ3v) is 5.29. The van der Waals surface area contributed by atoms with Crippen molar-refractivity contribution in [2.45, 2.75) is 51.2 Å². The van der Waals surface area contributed by atoms with E-state index < -0.39 is 0 Å². The van der Waals surface area contributed by atoms with Crippen LogP contribution < -0.4 is 9.91 Å². The molecule has 4 nitrogen and oxygen atoms in total. The monoisotopic (exact) mass is 329 g/mol. The van der Waals surface area contributed by atoms with Crippen molar-refractivity contribution in [3.8, 4) is 0 Å². The number of ether oxygens (including phenoxy) is 1. The van der Waals surface area contributed by atoms with Gasteiger partial charge in [-0.3, -0.25) is 5.01 Å². The quantitative estimate of drug-likeness (QED) is 0.811. The Kier molecular flexibility index (Phi) is 5.47. The molecule has 0 N–H and O–H groups in total. The standard InChI is InChI=1S/C20H31N3O/c1-16-14-23(19-13-9-8-12-18(19)21(2)3)22(4)20(16)15-24-17-10-6-5-7-11-17/h8-9,12-14,17,20H,5-7,10-11,15H2,1-4H3. The Hall–Kier alpha value is -1.52. The molecule has 2 aliphatic rings. The van der Waals surface area contributed by atoms with Crippen LogP contribution in [0.2, 0.25) is 0 Å². The van der Waals surface area contributed by atoms with E-state index in [0.29, 0.717) is 12.1 Å². The van der Waals surface area contributed by atoms with Crippen molar-refractivity contribution in [3.05, 3.63) is 36.0 Å². The lowest BCUT2D eigenvalue weighted by molar-refractivity contribution is 0.00616. The smallest absolute Gasteiger partial charge is 0.0806 e. The summed E-state index contributed by atoms with van der Waals surface area (Å²) in [5.74, 6) is 0. The Morgan fingerprint density at radius 3 is 2.54 bits per heavy atom. The molecule has 1 aliphatic heterocycles. The van der Waals surface area contributed by atoms with E-state index in [1.807, 2.05) is 0 Å². The molecule has 3 rings (SSSR count). The average molecular weight is 329 g/mol. The van der Waals surface area contributed by atoms with Gasteiger partial charge in [-0.1, -0.05) is 31.4 Å². The Balaban J connectivity index is 1.70. The molecule has 1 unspecified atom stereocenters. The number of anilines is 2. The maximum Gasteiger partial charge on any atom is 0.0806 e. The lowest BCUT2D eigenvalue weighted by atomic mass is 9.98. The van der Waals surface area contributed by atoms with E-state index in [1.54, 1.807) is 0 Å². The van der Waals surface area contributed by atoms with Crippen LogP contribution in [0.4, 0.5) is 11.4 Å². The molecular formula is C20H31N3O. The van der Waals surface area contributed by atoms with Gasteiger partial charge in [-0.2, -0.15) is 0 Å². The summed E-state index contributed by atoms with van der Waals surface area (Å²) in [4.78, 5) is 2.16. The van der Waals surface area contributed by atoms with Crippen molar-refractivity contribution in [2.24, 2.45) is 0 Å².